The second-order valence-electron chi connectivity index (χ2n) is 6.98. The van der Waals surface area contributed by atoms with Gasteiger partial charge in [0.1, 0.15) is 34.1 Å². The highest BCUT2D eigenvalue weighted by Gasteiger charge is 2.33. The number of rotatable bonds is 5. The van der Waals surface area contributed by atoms with Gasteiger partial charge in [-0.25, -0.2) is 14.5 Å². The maximum absolute atomic E-state index is 12.5. The first kappa shape index (κ1) is 20.2. The van der Waals surface area contributed by atoms with Crippen LogP contribution in [0.2, 0.25) is 0 Å². The molecule has 0 aliphatic carbocycles. The highest BCUT2D eigenvalue weighted by Crippen LogP contribution is 2.40. The molecule has 3 N–H and O–H groups in total. The number of benzene rings is 1. The van der Waals surface area contributed by atoms with Gasteiger partial charge in [0, 0.05) is 18.1 Å². The van der Waals surface area contributed by atoms with Crippen LogP contribution in [0.25, 0.3) is 0 Å². The zero-order chi connectivity index (χ0) is 22.3. The van der Waals surface area contributed by atoms with E-state index >= 15 is 0 Å². The molecule has 10 heteroatoms. The fourth-order valence-corrected chi connectivity index (χ4v) is 3.67. The molecular formula is C21H20N4O6. The van der Waals surface area contributed by atoms with Gasteiger partial charge in [-0.1, -0.05) is 0 Å². The molecule has 4 rings (SSSR count). The zero-order valence-electron chi connectivity index (χ0n) is 17.1. The third kappa shape index (κ3) is 3.41. The van der Waals surface area contributed by atoms with E-state index in [2.05, 4.69) is 10.1 Å². The average molecular weight is 424 g/mol. The van der Waals surface area contributed by atoms with Crippen molar-refractivity contribution in [2.75, 3.05) is 14.2 Å². The number of aromatic hydroxyl groups is 1. The van der Waals surface area contributed by atoms with Gasteiger partial charge in [-0.2, -0.15) is 5.10 Å². The SMILES string of the molecule is COc1ccc(OC)c([C@H]2CC(c3c(O)cc(C)oc3=O)=Nc3c(C(N)=O)cnn32)c1. The summed E-state index contributed by atoms with van der Waals surface area (Å²) in [6, 6.07) is 6.08. The Labute approximate surface area is 176 Å². The van der Waals surface area contributed by atoms with Crippen molar-refractivity contribution in [3.63, 3.8) is 0 Å². The topological polar surface area (TPSA) is 142 Å². The van der Waals surface area contributed by atoms with Crippen LogP contribution in [0.4, 0.5) is 5.82 Å². The van der Waals surface area contributed by atoms with Crippen LogP contribution in [-0.2, 0) is 0 Å². The molecule has 3 aromatic rings. The number of fused-ring (bicyclic) bond motifs is 1. The molecule has 0 saturated carbocycles. The Morgan fingerprint density at radius 1 is 1.29 bits per heavy atom. The standard InChI is InChI=1S/C21H20N4O6/c1-10-6-16(26)18(21(28)31-10)14-8-15(12-7-11(29-2)4-5-17(12)30-3)25-20(24-14)13(9-23-25)19(22)27/h4-7,9,15,26H,8H2,1-3H3,(H2,22,27)/t15-/m1/s1. The first-order chi connectivity index (χ1) is 14.8. The first-order valence-corrected chi connectivity index (χ1v) is 9.35. The molecule has 3 heterocycles. The number of hydrogen-bond donors (Lipinski definition) is 2. The summed E-state index contributed by atoms with van der Waals surface area (Å²) in [5, 5.41) is 14.7. The predicted octanol–water partition coefficient (Wildman–Crippen LogP) is 2.08. The Hall–Kier alpha value is -4.08. The van der Waals surface area contributed by atoms with Crippen LogP contribution < -0.4 is 20.8 Å². The molecule has 2 aromatic heterocycles. The van der Waals surface area contributed by atoms with Crippen molar-refractivity contribution in [2.45, 2.75) is 19.4 Å². The lowest BCUT2D eigenvalue weighted by Crippen LogP contribution is -2.26. The van der Waals surface area contributed by atoms with Crippen molar-refractivity contribution in [1.29, 1.82) is 0 Å². The maximum atomic E-state index is 12.5. The molecule has 1 aliphatic rings. The molecule has 1 aliphatic heterocycles. The molecule has 31 heavy (non-hydrogen) atoms. The molecular weight excluding hydrogens is 404 g/mol. The molecule has 0 radical (unpaired) electrons. The number of primary amides is 1. The minimum Gasteiger partial charge on any atom is -0.507 e. The summed E-state index contributed by atoms with van der Waals surface area (Å²) in [7, 11) is 3.07. The average Bonchev–Trinajstić information content (AvgIpc) is 3.16. The van der Waals surface area contributed by atoms with E-state index in [0.29, 0.717) is 17.1 Å². The number of hydrogen-bond acceptors (Lipinski definition) is 8. The van der Waals surface area contributed by atoms with Gasteiger partial charge in [-0.3, -0.25) is 4.79 Å². The van der Waals surface area contributed by atoms with E-state index in [-0.39, 0.29) is 40.6 Å². The predicted molar refractivity (Wildman–Crippen MR) is 111 cm³/mol. The fraction of sp³-hybridized carbons (Fsp3) is 0.238. The van der Waals surface area contributed by atoms with Gasteiger partial charge in [0.15, 0.2) is 5.82 Å². The largest absolute Gasteiger partial charge is 0.507 e. The molecule has 1 aromatic carbocycles. The smallest absolute Gasteiger partial charge is 0.348 e. The number of aryl methyl sites for hydroxylation is 1. The van der Waals surface area contributed by atoms with Gasteiger partial charge in [0.2, 0.25) is 0 Å². The molecule has 0 saturated heterocycles. The fourth-order valence-electron chi connectivity index (χ4n) is 3.67. The van der Waals surface area contributed by atoms with E-state index in [0.717, 1.165) is 0 Å². The Morgan fingerprint density at radius 3 is 2.71 bits per heavy atom. The van der Waals surface area contributed by atoms with Crippen LogP contribution in [0.15, 0.2) is 44.7 Å². The van der Waals surface area contributed by atoms with Crippen molar-refractivity contribution in [2.24, 2.45) is 10.7 Å². The molecule has 1 atom stereocenters. The third-order valence-corrected chi connectivity index (χ3v) is 5.10. The van der Waals surface area contributed by atoms with Gasteiger partial charge in [-0.05, 0) is 25.1 Å². The van der Waals surface area contributed by atoms with Crippen LogP contribution in [0.1, 0.15) is 39.7 Å². The summed E-state index contributed by atoms with van der Waals surface area (Å²) in [5.41, 5.74) is 5.68. The number of methoxy groups -OCH3 is 2. The molecule has 160 valence electrons. The number of ether oxygens (including phenoxy) is 2. The highest BCUT2D eigenvalue weighted by atomic mass is 16.5. The zero-order valence-corrected chi connectivity index (χ0v) is 17.1. The van der Waals surface area contributed by atoms with E-state index in [1.54, 1.807) is 32.2 Å². The summed E-state index contributed by atoms with van der Waals surface area (Å²) >= 11 is 0. The van der Waals surface area contributed by atoms with Crippen LogP contribution in [0.3, 0.4) is 0 Å². The second kappa shape index (κ2) is 7.63. The lowest BCUT2D eigenvalue weighted by molar-refractivity contribution is 0.100. The number of nitrogens with two attached hydrogens (primary N) is 1. The molecule has 0 bridgehead atoms. The number of amides is 1. The lowest BCUT2D eigenvalue weighted by Gasteiger charge is -2.26. The van der Waals surface area contributed by atoms with E-state index in [1.807, 2.05) is 0 Å². The highest BCUT2D eigenvalue weighted by molar-refractivity contribution is 6.06. The van der Waals surface area contributed by atoms with E-state index in [1.165, 1.54) is 24.1 Å². The van der Waals surface area contributed by atoms with Crippen LogP contribution in [0, 0.1) is 6.92 Å². The van der Waals surface area contributed by atoms with Crippen LogP contribution in [-0.4, -0.2) is 40.7 Å². The molecule has 10 nitrogen and oxygen atoms in total. The molecule has 0 unspecified atom stereocenters. The van der Waals surface area contributed by atoms with E-state index in [4.69, 9.17) is 19.6 Å². The minimum absolute atomic E-state index is 0.0830. The van der Waals surface area contributed by atoms with Gasteiger partial charge >= 0.3 is 5.63 Å². The maximum Gasteiger partial charge on any atom is 0.348 e. The number of carbonyl (C=O) groups is 1. The Bertz CT molecular complexity index is 1270. The first-order valence-electron chi connectivity index (χ1n) is 9.35. The Kier molecular flexibility index (Phi) is 4.97. The van der Waals surface area contributed by atoms with Gasteiger partial charge in [0.05, 0.1) is 32.2 Å². The van der Waals surface area contributed by atoms with Gasteiger partial charge < -0.3 is 24.7 Å². The van der Waals surface area contributed by atoms with Crippen molar-refractivity contribution < 1.29 is 23.8 Å². The van der Waals surface area contributed by atoms with Crippen molar-refractivity contribution >= 4 is 17.4 Å². The number of carbonyl (C=O) groups excluding carboxylic acids is 1. The Morgan fingerprint density at radius 2 is 2.06 bits per heavy atom. The quantitative estimate of drug-likeness (QED) is 0.638. The summed E-state index contributed by atoms with van der Waals surface area (Å²) in [6.45, 7) is 1.55. The minimum atomic E-state index is -0.735. The normalized spacial score (nSPS) is 15.2. The van der Waals surface area contributed by atoms with Gasteiger partial charge in [0.25, 0.3) is 5.91 Å². The van der Waals surface area contributed by atoms with E-state index < -0.39 is 17.6 Å². The number of aromatic nitrogens is 2. The van der Waals surface area contributed by atoms with Gasteiger partial charge in [-0.15, -0.1) is 0 Å². The Balaban J connectivity index is 1.96. The molecule has 1 amide bonds. The van der Waals surface area contributed by atoms with Crippen molar-refractivity contribution in [3.05, 3.63) is 63.3 Å². The summed E-state index contributed by atoms with van der Waals surface area (Å²) in [4.78, 5) is 28.9. The van der Waals surface area contributed by atoms with Crippen LogP contribution in [0.5, 0.6) is 17.2 Å². The molecule has 0 spiro atoms. The van der Waals surface area contributed by atoms with E-state index in [9.17, 15) is 14.7 Å². The van der Waals surface area contributed by atoms with Crippen LogP contribution >= 0.6 is 0 Å². The third-order valence-electron chi connectivity index (χ3n) is 5.10. The lowest BCUT2D eigenvalue weighted by atomic mass is 9.95. The monoisotopic (exact) mass is 424 g/mol. The summed E-state index contributed by atoms with van der Waals surface area (Å²) in [5.74, 6) is 0.579. The second-order valence-corrected chi connectivity index (χ2v) is 6.98. The number of nitrogens with zero attached hydrogens (tertiary/aromatic N) is 3. The number of aliphatic imine (C=N–C) groups is 1. The summed E-state index contributed by atoms with van der Waals surface area (Å²) < 4.78 is 17.6. The molecule has 0 fully saturated rings. The van der Waals surface area contributed by atoms with Crippen molar-refractivity contribution in [1.82, 2.24) is 9.78 Å². The van der Waals surface area contributed by atoms with Crippen molar-refractivity contribution in [3.8, 4) is 17.2 Å². The summed E-state index contributed by atoms with van der Waals surface area (Å²) in [6.07, 6.45) is 1.49.